The van der Waals surface area contributed by atoms with E-state index in [0.29, 0.717) is 12.2 Å². The number of pyridine rings is 1. The summed E-state index contributed by atoms with van der Waals surface area (Å²) in [6, 6.07) is 20.4. The molecule has 1 saturated carbocycles. The lowest BCUT2D eigenvalue weighted by Crippen LogP contribution is -2.31. The Labute approximate surface area is 244 Å². The third-order valence-electron chi connectivity index (χ3n) is 8.33. The van der Waals surface area contributed by atoms with Gasteiger partial charge in [-0.3, -0.25) is 8.58 Å². The zero-order valence-electron chi connectivity index (χ0n) is 23.2. The van der Waals surface area contributed by atoms with Crippen molar-refractivity contribution < 1.29 is 12.6 Å². The third kappa shape index (κ3) is 4.88. The van der Waals surface area contributed by atoms with Crippen LogP contribution in [-0.4, -0.2) is 39.6 Å². The number of rotatable bonds is 7. The van der Waals surface area contributed by atoms with Crippen molar-refractivity contribution in [3.63, 3.8) is 0 Å². The summed E-state index contributed by atoms with van der Waals surface area (Å²) in [4.78, 5) is 14.4. The highest BCUT2D eigenvalue weighted by atomic mass is 32.2. The number of hydrogen-bond acceptors (Lipinski definition) is 7. The van der Waals surface area contributed by atoms with Gasteiger partial charge >= 0.3 is 0 Å². The van der Waals surface area contributed by atoms with E-state index in [2.05, 4.69) is 35.3 Å². The molecule has 0 aliphatic heterocycles. The number of aromatic nitrogens is 4. The Morgan fingerprint density at radius 2 is 1.83 bits per heavy atom. The summed E-state index contributed by atoms with van der Waals surface area (Å²) in [5, 5.41) is 0.423. The molecule has 2 aliphatic carbocycles. The van der Waals surface area contributed by atoms with Crippen molar-refractivity contribution in [1.82, 2.24) is 19.4 Å². The van der Waals surface area contributed by atoms with Crippen LogP contribution in [0, 0.1) is 5.92 Å². The largest absolute Gasteiger partial charge is 0.382 e. The molecular weight excluding hydrogens is 546 g/mol. The molecule has 2 N–H and O–H groups in total. The molecule has 0 radical (unpaired) electrons. The summed E-state index contributed by atoms with van der Waals surface area (Å²) in [6.07, 6.45) is 11.1. The van der Waals surface area contributed by atoms with E-state index in [1.54, 1.807) is 12.3 Å². The van der Waals surface area contributed by atoms with Gasteiger partial charge in [0.15, 0.2) is 0 Å². The standard InChI is InChI=1S/C33H31N5O3S/c1-21-7-12-27(13-8-21)42(39,40)41-20-22-17-26(18-22)33-37-30(31-32(34)35-15-16-38(31)33)25-10-9-24-11-14-28(36-29(24)19-25)23-5-3-2-4-6-23/h2-12,14-16,19,22,26-27H,13,17-18,20H2,1H3,(H2,34,35). The van der Waals surface area contributed by atoms with Crippen molar-refractivity contribution in [1.29, 1.82) is 0 Å². The van der Waals surface area contributed by atoms with E-state index in [4.69, 9.17) is 19.9 Å². The molecule has 0 amide bonds. The Morgan fingerprint density at radius 1 is 1.02 bits per heavy atom. The molecule has 0 bridgehead atoms. The van der Waals surface area contributed by atoms with Crippen LogP contribution < -0.4 is 5.73 Å². The first-order valence-electron chi connectivity index (χ1n) is 14.2. The maximum absolute atomic E-state index is 12.7. The summed E-state index contributed by atoms with van der Waals surface area (Å²) in [7, 11) is -3.65. The minimum atomic E-state index is -3.65. The minimum Gasteiger partial charge on any atom is -0.382 e. The fourth-order valence-corrected chi connectivity index (χ4v) is 7.05. The average Bonchev–Trinajstić information content (AvgIpc) is 3.37. The number of nitrogen functional groups attached to an aromatic ring is 1. The van der Waals surface area contributed by atoms with Gasteiger partial charge < -0.3 is 5.73 Å². The molecule has 212 valence electrons. The average molecular weight is 578 g/mol. The molecule has 5 aromatic rings. The van der Waals surface area contributed by atoms with Crippen molar-refractivity contribution in [2.75, 3.05) is 12.3 Å². The fraction of sp³-hybridized carbons (Fsp3) is 0.242. The van der Waals surface area contributed by atoms with Crippen LogP contribution in [-0.2, 0) is 14.3 Å². The van der Waals surface area contributed by atoms with Gasteiger partial charge in [-0.2, -0.15) is 8.42 Å². The molecule has 42 heavy (non-hydrogen) atoms. The molecule has 1 fully saturated rings. The van der Waals surface area contributed by atoms with Gasteiger partial charge in [0.2, 0.25) is 0 Å². The molecule has 1 unspecified atom stereocenters. The highest BCUT2D eigenvalue weighted by Gasteiger charge is 2.36. The van der Waals surface area contributed by atoms with Gasteiger partial charge in [0.05, 0.1) is 17.8 Å². The Morgan fingerprint density at radius 3 is 2.62 bits per heavy atom. The normalized spacial score (nSPS) is 20.5. The van der Waals surface area contributed by atoms with E-state index in [9.17, 15) is 8.42 Å². The van der Waals surface area contributed by atoms with Gasteiger partial charge in [-0.25, -0.2) is 15.0 Å². The van der Waals surface area contributed by atoms with Gasteiger partial charge in [-0.05, 0) is 44.2 Å². The molecule has 1 atom stereocenters. The first-order chi connectivity index (χ1) is 20.4. The predicted molar refractivity (Wildman–Crippen MR) is 165 cm³/mol. The predicted octanol–water partition coefficient (Wildman–Crippen LogP) is 6.31. The molecule has 8 nitrogen and oxygen atoms in total. The second-order valence-corrected chi connectivity index (χ2v) is 13.0. The van der Waals surface area contributed by atoms with Gasteiger partial charge in [0.1, 0.15) is 28.1 Å². The maximum Gasteiger partial charge on any atom is 0.274 e. The number of hydrogen-bond donors (Lipinski definition) is 1. The van der Waals surface area contributed by atoms with Crippen LogP contribution in [0.1, 0.15) is 37.9 Å². The van der Waals surface area contributed by atoms with E-state index < -0.39 is 15.4 Å². The van der Waals surface area contributed by atoms with E-state index in [-0.39, 0.29) is 18.4 Å². The molecule has 0 spiro atoms. The van der Waals surface area contributed by atoms with Crippen LogP contribution in [0.25, 0.3) is 38.9 Å². The van der Waals surface area contributed by atoms with Gasteiger partial charge in [-0.1, -0.05) is 72.3 Å². The van der Waals surface area contributed by atoms with Crippen molar-refractivity contribution in [2.45, 2.75) is 37.4 Å². The van der Waals surface area contributed by atoms with E-state index in [1.807, 2.05) is 60.0 Å². The number of imidazole rings is 1. The summed E-state index contributed by atoms with van der Waals surface area (Å²) in [5.41, 5.74) is 12.8. The molecule has 3 aromatic heterocycles. The Bertz CT molecular complexity index is 1980. The van der Waals surface area contributed by atoms with Crippen molar-refractivity contribution in [3.8, 4) is 22.5 Å². The molecule has 0 saturated heterocycles. The topological polar surface area (TPSA) is 112 Å². The van der Waals surface area contributed by atoms with E-state index in [1.165, 1.54) is 0 Å². The monoisotopic (exact) mass is 577 g/mol. The summed E-state index contributed by atoms with van der Waals surface area (Å²) in [5.74, 6) is 1.61. The Kier molecular flexibility index (Phi) is 6.63. The number of nitrogens with two attached hydrogens (primary N) is 1. The Balaban J connectivity index is 1.14. The van der Waals surface area contributed by atoms with Crippen LogP contribution in [0.5, 0.6) is 0 Å². The maximum atomic E-state index is 12.7. The second-order valence-electron chi connectivity index (χ2n) is 11.2. The van der Waals surface area contributed by atoms with E-state index >= 15 is 0 Å². The highest BCUT2D eigenvalue weighted by Crippen LogP contribution is 2.43. The smallest absolute Gasteiger partial charge is 0.274 e. The molecule has 9 heteroatoms. The molecular formula is C33H31N5O3S. The lowest BCUT2D eigenvalue weighted by Gasteiger charge is -2.34. The third-order valence-corrected chi connectivity index (χ3v) is 9.89. The number of fused-ring (bicyclic) bond motifs is 2. The van der Waals surface area contributed by atoms with Crippen molar-refractivity contribution >= 4 is 32.4 Å². The minimum absolute atomic E-state index is 0.144. The molecule has 2 aliphatic rings. The quantitative estimate of drug-likeness (QED) is 0.226. The van der Waals surface area contributed by atoms with Crippen LogP contribution in [0.4, 0.5) is 5.82 Å². The molecule has 3 heterocycles. The lowest BCUT2D eigenvalue weighted by atomic mass is 9.75. The van der Waals surface area contributed by atoms with Crippen molar-refractivity contribution in [2.24, 2.45) is 5.92 Å². The number of benzene rings is 2. The SMILES string of the molecule is CC1=CCC(S(=O)(=O)OCC2CC(c3nc(-c4ccc5ccc(-c6ccccc6)nc5c4)c4c(N)nccn34)C2)C=C1. The Hall–Kier alpha value is -4.34. The summed E-state index contributed by atoms with van der Waals surface area (Å²) in [6.45, 7) is 2.15. The van der Waals surface area contributed by atoms with E-state index in [0.717, 1.165) is 63.2 Å². The van der Waals surface area contributed by atoms with Gasteiger partial charge in [0.25, 0.3) is 10.1 Å². The van der Waals surface area contributed by atoms with Gasteiger partial charge in [-0.15, -0.1) is 0 Å². The molecule has 2 aromatic carbocycles. The van der Waals surface area contributed by atoms with Gasteiger partial charge in [0, 0.05) is 34.8 Å². The summed E-state index contributed by atoms with van der Waals surface area (Å²) >= 11 is 0. The molecule has 7 rings (SSSR count). The fourth-order valence-electron chi connectivity index (χ4n) is 5.89. The number of allylic oxidation sites excluding steroid dienone is 3. The first kappa shape index (κ1) is 26.6. The number of anilines is 1. The highest BCUT2D eigenvalue weighted by molar-refractivity contribution is 7.87. The van der Waals surface area contributed by atoms with Crippen LogP contribution >= 0.6 is 0 Å². The zero-order valence-corrected chi connectivity index (χ0v) is 24.0. The van der Waals surface area contributed by atoms with Crippen molar-refractivity contribution in [3.05, 3.63) is 103 Å². The van der Waals surface area contributed by atoms with Crippen LogP contribution in [0.15, 0.2) is 96.9 Å². The second kappa shape index (κ2) is 10.5. The van der Waals surface area contributed by atoms with Crippen LogP contribution in [0.3, 0.4) is 0 Å². The summed E-state index contributed by atoms with van der Waals surface area (Å²) < 4.78 is 32.9. The lowest BCUT2D eigenvalue weighted by molar-refractivity contribution is 0.157. The number of nitrogens with zero attached hydrogens (tertiary/aromatic N) is 4. The zero-order chi connectivity index (χ0) is 28.8. The first-order valence-corrected chi connectivity index (χ1v) is 15.6. The van der Waals surface area contributed by atoms with Crippen LogP contribution in [0.2, 0.25) is 0 Å².